The Kier molecular flexibility index (Phi) is 5.06. The Morgan fingerprint density at radius 1 is 1.27 bits per heavy atom. The highest BCUT2D eigenvalue weighted by Crippen LogP contribution is 2.35. The predicted octanol–water partition coefficient (Wildman–Crippen LogP) is 2.28. The Labute approximate surface area is 175 Å². The van der Waals surface area contributed by atoms with Crippen LogP contribution in [0.15, 0.2) is 48.9 Å². The van der Waals surface area contributed by atoms with Gasteiger partial charge in [0.05, 0.1) is 29.7 Å². The molecule has 2 atom stereocenters. The number of pyridine rings is 1. The number of hydrogen-bond acceptors (Lipinski definition) is 7. The first-order chi connectivity index (χ1) is 14.5. The van der Waals surface area contributed by atoms with Gasteiger partial charge in [0.2, 0.25) is 0 Å². The fourth-order valence-corrected chi connectivity index (χ4v) is 4.19. The highest BCUT2D eigenvalue weighted by atomic mass is 16.1. The molecule has 1 aromatic carbocycles. The molecule has 0 spiro atoms. The molecule has 2 aromatic heterocycles. The number of nitriles is 1. The van der Waals surface area contributed by atoms with Gasteiger partial charge in [0, 0.05) is 37.0 Å². The zero-order valence-electron chi connectivity index (χ0n) is 17.2. The molecule has 3 aromatic rings. The lowest BCUT2D eigenvalue weighted by atomic mass is 9.84. The minimum Gasteiger partial charge on any atom is -0.345 e. The molecule has 1 aliphatic heterocycles. The van der Waals surface area contributed by atoms with Crippen molar-refractivity contribution >= 4 is 11.6 Å². The second kappa shape index (κ2) is 7.69. The van der Waals surface area contributed by atoms with Crippen molar-refractivity contribution in [2.24, 2.45) is 0 Å². The van der Waals surface area contributed by atoms with Gasteiger partial charge in [0.15, 0.2) is 5.78 Å². The summed E-state index contributed by atoms with van der Waals surface area (Å²) in [5, 5.41) is 21.3. The van der Waals surface area contributed by atoms with E-state index in [-0.39, 0.29) is 11.8 Å². The maximum Gasteiger partial charge on any atom is 0.191 e. The Bertz CT molecular complexity index is 1120. The highest BCUT2D eigenvalue weighted by molar-refractivity contribution is 6.08. The number of anilines is 1. The molecule has 0 unspecified atom stereocenters. The molecular formula is C22H23N7O. The molecule has 3 heterocycles. The molecular weight excluding hydrogens is 378 g/mol. The van der Waals surface area contributed by atoms with Crippen LogP contribution in [0.25, 0.3) is 5.69 Å². The van der Waals surface area contributed by atoms with Crippen LogP contribution in [0.3, 0.4) is 0 Å². The molecule has 8 heteroatoms. The van der Waals surface area contributed by atoms with Crippen LogP contribution in [0.4, 0.5) is 5.82 Å². The van der Waals surface area contributed by atoms with Gasteiger partial charge in [-0.05, 0) is 38.5 Å². The molecule has 1 aliphatic rings. The molecule has 0 amide bonds. The summed E-state index contributed by atoms with van der Waals surface area (Å²) in [6.07, 6.45) is 5.40. The summed E-state index contributed by atoms with van der Waals surface area (Å²) >= 11 is 0. The van der Waals surface area contributed by atoms with Crippen LogP contribution in [0.2, 0.25) is 0 Å². The van der Waals surface area contributed by atoms with E-state index in [0.717, 1.165) is 5.56 Å². The molecule has 1 N–H and O–H groups in total. The van der Waals surface area contributed by atoms with Crippen LogP contribution >= 0.6 is 0 Å². The lowest BCUT2D eigenvalue weighted by Gasteiger charge is -2.39. The quantitative estimate of drug-likeness (QED) is 0.655. The minimum absolute atomic E-state index is 0.0293. The van der Waals surface area contributed by atoms with E-state index in [0.29, 0.717) is 35.6 Å². The molecule has 0 radical (unpaired) electrons. The topological polar surface area (TPSA) is 99.7 Å². The molecule has 1 fully saturated rings. The van der Waals surface area contributed by atoms with Crippen LogP contribution < -0.4 is 10.2 Å². The van der Waals surface area contributed by atoms with Crippen molar-refractivity contribution in [3.05, 3.63) is 65.6 Å². The number of hydrogen-bond donors (Lipinski definition) is 1. The number of nitrogens with one attached hydrogen (secondary N) is 1. The van der Waals surface area contributed by atoms with E-state index in [4.69, 9.17) is 0 Å². The third kappa shape index (κ3) is 3.13. The standard InChI is InChI=1S/C22H23N7O/c1-15-12-22(14-25-15,28(3)21-16(2)17(13-23)8-9-24-21)20(30)18-6-4-5-7-19(18)29-26-10-11-27-29/h4-11,15,25H,12,14H2,1-3H3/t15-,22-/m1/s1. The van der Waals surface area contributed by atoms with Crippen molar-refractivity contribution in [2.75, 3.05) is 18.5 Å². The van der Waals surface area contributed by atoms with Crippen molar-refractivity contribution in [1.29, 1.82) is 5.26 Å². The summed E-state index contributed by atoms with van der Waals surface area (Å²) in [5.74, 6) is 0.603. The van der Waals surface area contributed by atoms with E-state index in [2.05, 4.69) is 33.5 Å². The van der Waals surface area contributed by atoms with Gasteiger partial charge in [0.1, 0.15) is 11.4 Å². The lowest BCUT2D eigenvalue weighted by molar-refractivity contribution is 0.0895. The average molecular weight is 401 g/mol. The molecule has 4 rings (SSSR count). The number of likely N-dealkylation sites (N-methyl/N-ethyl adjacent to an activating group) is 1. The van der Waals surface area contributed by atoms with Crippen LogP contribution in [0.1, 0.15) is 34.8 Å². The number of ketones is 1. The normalized spacial score (nSPS) is 20.7. The summed E-state index contributed by atoms with van der Waals surface area (Å²) in [6.45, 7) is 4.40. The van der Waals surface area contributed by atoms with Gasteiger partial charge in [-0.15, -0.1) is 0 Å². The number of carbonyl (C=O) groups is 1. The van der Waals surface area contributed by atoms with E-state index in [1.807, 2.05) is 43.1 Å². The number of para-hydroxylation sites is 1. The van der Waals surface area contributed by atoms with Gasteiger partial charge in [0.25, 0.3) is 0 Å². The summed E-state index contributed by atoms with van der Waals surface area (Å²) in [6, 6.07) is 11.4. The highest BCUT2D eigenvalue weighted by Gasteiger charge is 2.49. The Balaban J connectivity index is 1.84. The molecule has 8 nitrogen and oxygen atoms in total. The largest absolute Gasteiger partial charge is 0.345 e. The molecule has 1 saturated heterocycles. The monoisotopic (exact) mass is 401 g/mol. The zero-order valence-corrected chi connectivity index (χ0v) is 17.2. The number of Topliss-reactive ketones (excluding diaryl/α,β-unsaturated/α-hetero) is 1. The first kappa shape index (κ1) is 19.7. The number of aromatic nitrogens is 4. The van der Waals surface area contributed by atoms with Gasteiger partial charge in [-0.1, -0.05) is 12.1 Å². The fourth-order valence-electron chi connectivity index (χ4n) is 4.19. The van der Waals surface area contributed by atoms with E-state index >= 15 is 0 Å². The van der Waals surface area contributed by atoms with E-state index in [1.165, 1.54) is 4.80 Å². The first-order valence-corrected chi connectivity index (χ1v) is 9.81. The van der Waals surface area contributed by atoms with Crippen LogP contribution in [-0.2, 0) is 0 Å². The average Bonchev–Trinajstić information content (AvgIpc) is 3.43. The SMILES string of the molecule is Cc1c(C#N)ccnc1N(C)[C@@]1(C(=O)c2ccccc2-n2nccn2)CN[C@H](C)C1. The Morgan fingerprint density at radius 2 is 2.00 bits per heavy atom. The first-order valence-electron chi connectivity index (χ1n) is 9.81. The van der Waals surface area contributed by atoms with Gasteiger partial charge >= 0.3 is 0 Å². The van der Waals surface area contributed by atoms with E-state index in [9.17, 15) is 10.1 Å². The molecule has 0 bridgehead atoms. The fraction of sp³-hybridized carbons (Fsp3) is 0.318. The third-order valence-electron chi connectivity index (χ3n) is 5.85. The zero-order chi connectivity index (χ0) is 21.3. The Morgan fingerprint density at radius 3 is 2.67 bits per heavy atom. The van der Waals surface area contributed by atoms with Gasteiger partial charge in [-0.3, -0.25) is 4.79 Å². The second-order valence-electron chi connectivity index (χ2n) is 7.66. The van der Waals surface area contributed by atoms with Crippen molar-refractivity contribution in [1.82, 2.24) is 25.3 Å². The molecule has 30 heavy (non-hydrogen) atoms. The number of carbonyl (C=O) groups excluding carboxylic acids is 1. The maximum absolute atomic E-state index is 14.1. The van der Waals surface area contributed by atoms with Crippen LogP contribution in [0, 0.1) is 18.3 Å². The summed E-state index contributed by atoms with van der Waals surface area (Å²) in [7, 11) is 1.88. The third-order valence-corrected chi connectivity index (χ3v) is 5.85. The molecule has 0 aliphatic carbocycles. The van der Waals surface area contributed by atoms with Gasteiger partial charge < -0.3 is 10.2 Å². The van der Waals surface area contributed by atoms with Crippen molar-refractivity contribution < 1.29 is 4.79 Å². The smallest absolute Gasteiger partial charge is 0.191 e. The maximum atomic E-state index is 14.1. The Hall–Kier alpha value is -3.57. The summed E-state index contributed by atoms with van der Waals surface area (Å²) < 4.78 is 0. The van der Waals surface area contributed by atoms with Crippen LogP contribution in [0.5, 0.6) is 0 Å². The lowest BCUT2D eigenvalue weighted by Crippen LogP contribution is -2.55. The van der Waals surface area contributed by atoms with Crippen molar-refractivity contribution in [3.63, 3.8) is 0 Å². The summed E-state index contributed by atoms with van der Waals surface area (Å²) in [4.78, 5) is 22.0. The van der Waals surface area contributed by atoms with E-state index < -0.39 is 5.54 Å². The van der Waals surface area contributed by atoms with Crippen LogP contribution in [-0.4, -0.2) is 50.9 Å². The predicted molar refractivity (Wildman–Crippen MR) is 113 cm³/mol. The van der Waals surface area contributed by atoms with E-state index in [1.54, 1.807) is 24.7 Å². The number of benzene rings is 1. The second-order valence-corrected chi connectivity index (χ2v) is 7.66. The number of rotatable bonds is 5. The summed E-state index contributed by atoms with van der Waals surface area (Å²) in [5.41, 5.74) is 1.64. The number of nitrogens with zero attached hydrogens (tertiary/aromatic N) is 6. The van der Waals surface area contributed by atoms with Gasteiger partial charge in [-0.25, -0.2) is 4.98 Å². The van der Waals surface area contributed by atoms with Gasteiger partial charge in [-0.2, -0.15) is 20.3 Å². The van der Waals surface area contributed by atoms with Crippen molar-refractivity contribution in [3.8, 4) is 11.8 Å². The molecule has 152 valence electrons. The molecule has 0 saturated carbocycles. The minimum atomic E-state index is -0.853. The van der Waals surface area contributed by atoms with Crippen molar-refractivity contribution in [2.45, 2.75) is 31.8 Å².